The normalized spacial score (nSPS) is 19.4. The van der Waals surface area contributed by atoms with Crippen molar-refractivity contribution in [2.45, 2.75) is 17.9 Å². The first kappa shape index (κ1) is 16.2. The fourth-order valence-electron chi connectivity index (χ4n) is 2.43. The van der Waals surface area contributed by atoms with Crippen molar-refractivity contribution in [2.24, 2.45) is 5.73 Å². The standard InChI is InChI=1S/C14H23N3O3S/c1-12(11-15)16-7-9-17(10-8-16)21(18,19)14-5-3-13(20-2)4-6-14/h3-6,12H,7-11,15H2,1-2H3. The number of ether oxygens (including phenoxy) is 1. The van der Waals surface area contributed by atoms with Gasteiger partial charge in [-0.1, -0.05) is 0 Å². The van der Waals surface area contributed by atoms with Crippen LogP contribution in [-0.2, 0) is 10.0 Å². The Morgan fingerprint density at radius 3 is 2.24 bits per heavy atom. The molecule has 1 fully saturated rings. The number of nitrogens with zero attached hydrogens (tertiary/aromatic N) is 2. The van der Waals surface area contributed by atoms with Crippen molar-refractivity contribution < 1.29 is 13.2 Å². The Balaban J connectivity index is 2.07. The van der Waals surface area contributed by atoms with Crippen LogP contribution in [0.3, 0.4) is 0 Å². The molecule has 0 aliphatic carbocycles. The van der Waals surface area contributed by atoms with Crippen LogP contribution >= 0.6 is 0 Å². The van der Waals surface area contributed by atoms with Crippen LogP contribution in [0.2, 0.25) is 0 Å². The number of sulfonamides is 1. The molecule has 1 aliphatic rings. The van der Waals surface area contributed by atoms with E-state index in [0.717, 1.165) is 0 Å². The third-order valence-electron chi connectivity index (χ3n) is 3.93. The second-order valence-electron chi connectivity index (χ2n) is 5.20. The Hall–Kier alpha value is -1.15. The van der Waals surface area contributed by atoms with E-state index in [1.165, 1.54) is 4.31 Å². The molecule has 0 bridgehead atoms. The van der Waals surface area contributed by atoms with Crippen LogP contribution in [0.4, 0.5) is 0 Å². The number of piperazine rings is 1. The lowest BCUT2D eigenvalue weighted by Gasteiger charge is -2.37. The lowest BCUT2D eigenvalue weighted by atomic mass is 10.2. The Labute approximate surface area is 126 Å². The summed E-state index contributed by atoms with van der Waals surface area (Å²) in [5.74, 6) is 0.649. The summed E-state index contributed by atoms with van der Waals surface area (Å²) >= 11 is 0. The van der Waals surface area contributed by atoms with E-state index in [2.05, 4.69) is 11.8 Å². The molecule has 0 amide bonds. The lowest BCUT2D eigenvalue weighted by Crippen LogP contribution is -2.52. The molecule has 21 heavy (non-hydrogen) atoms. The molecule has 1 aromatic carbocycles. The van der Waals surface area contributed by atoms with E-state index in [1.54, 1.807) is 31.4 Å². The van der Waals surface area contributed by atoms with E-state index >= 15 is 0 Å². The topological polar surface area (TPSA) is 75.9 Å². The first-order valence-corrected chi connectivity index (χ1v) is 8.51. The van der Waals surface area contributed by atoms with Crippen LogP contribution in [0.15, 0.2) is 29.2 Å². The van der Waals surface area contributed by atoms with E-state index in [1.807, 2.05) is 0 Å². The minimum Gasteiger partial charge on any atom is -0.497 e. The van der Waals surface area contributed by atoms with Crippen molar-refractivity contribution in [2.75, 3.05) is 39.8 Å². The van der Waals surface area contributed by atoms with Gasteiger partial charge in [0, 0.05) is 38.8 Å². The Bertz CT molecular complexity index is 551. The predicted molar refractivity (Wildman–Crippen MR) is 81.8 cm³/mol. The molecular weight excluding hydrogens is 290 g/mol. The van der Waals surface area contributed by atoms with E-state index in [9.17, 15) is 8.42 Å². The maximum Gasteiger partial charge on any atom is 0.243 e. The van der Waals surface area contributed by atoms with Crippen LogP contribution in [0.25, 0.3) is 0 Å². The number of hydrogen-bond donors (Lipinski definition) is 1. The SMILES string of the molecule is COc1ccc(S(=O)(=O)N2CCN(C(C)CN)CC2)cc1. The zero-order chi connectivity index (χ0) is 15.5. The van der Waals surface area contributed by atoms with Gasteiger partial charge in [-0.3, -0.25) is 4.90 Å². The summed E-state index contributed by atoms with van der Waals surface area (Å²) in [5.41, 5.74) is 5.66. The molecule has 0 radical (unpaired) electrons. The highest BCUT2D eigenvalue weighted by Gasteiger charge is 2.29. The van der Waals surface area contributed by atoms with Crippen LogP contribution in [-0.4, -0.2) is 63.5 Å². The number of rotatable bonds is 5. The second kappa shape index (κ2) is 6.74. The van der Waals surface area contributed by atoms with E-state index in [4.69, 9.17) is 10.5 Å². The van der Waals surface area contributed by atoms with Gasteiger partial charge in [-0.2, -0.15) is 4.31 Å². The Morgan fingerprint density at radius 2 is 1.76 bits per heavy atom. The van der Waals surface area contributed by atoms with Gasteiger partial charge in [0.25, 0.3) is 0 Å². The molecule has 2 N–H and O–H groups in total. The van der Waals surface area contributed by atoms with Gasteiger partial charge in [0.15, 0.2) is 0 Å². The van der Waals surface area contributed by atoms with Crippen LogP contribution < -0.4 is 10.5 Å². The summed E-state index contributed by atoms with van der Waals surface area (Å²) in [6.07, 6.45) is 0. The van der Waals surface area contributed by atoms with Crippen LogP contribution in [0, 0.1) is 0 Å². The largest absolute Gasteiger partial charge is 0.497 e. The molecule has 1 aliphatic heterocycles. The van der Waals surface area contributed by atoms with Gasteiger partial charge in [-0.05, 0) is 31.2 Å². The maximum atomic E-state index is 12.6. The molecule has 0 spiro atoms. The molecule has 1 unspecified atom stereocenters. The van der Waals surface area contributed by atoms with Gasteiger partial charge in [-0.25, -0.2) is 8.42 Å². The number of benzene rings is 1. The maximum absolute atomic E-state index is 12.6. The molecule has 1 aromatic rings. The van der Waals surface area contributed by atoms with Gasteiger partial charge < -0.3 is 10.5 Å². The van der Waals surface area contributed by atoms with E-state index in [0.29, 0.717) is 43.4 Å². The van der Waals surface area contributed by atoms with Crippen molar-refractivity contribution in [3.63, 3.8) is 0 Å². The minimum absolute atomic E-state index is 0.288. The minimum atomic E-state index is -3.42. The zero-order valence-corrected chi connectivity index (χ0v) is 13.3. The molecule has 7 heteroatoms. The summed E-state index contributed by atoms with van der Waals surface area (Å²) in [6, 6.07) is 6.79. The predicted octanol–water partition coefficient (Wildman–Crippen LogP) is 0.349. The van der Waals surface area contributed by atoms with Gasteiger partial charge >= 0.3 is 0 Å². The third-order valence-corrected chi connectivity index (χ3v) is 5.85. The molecule has 2 rings (SSSR count). The summed E-state index contributed by atoms with van der Waals surface area (Å²) in [7, 11) is -1.87. The molecule has 118 valence electrons. The van der Waals surface area contributed by atoms with Crippen molar-refractivity contribution in [3.05, 3.63) is 24.3 Å². The van der Waals surface area contributed by atoms with Crippen molar-refractivity contribution in [3.8, 4) is 5.75 Å². The first-order chi connectivity index (χ1) is 9.98. The number of nitrogens with two attached hydrogens (primary N) is 1. The molecular formula is C14H23N3O3S. The van der Waals surface area contributed by atoms with Crippen LogP contribution in [0.1, 0.15) is 6.92 Å². The second-order valence-corrected chi connectivity index (χ2v) is 7.14. The molecule has 6 nitrogen and oxygen atoms in total. The average Bonchev–Trinajstić information content (AvgIpc) is 2.54. The average molecular weight is 313 g/mol. The fraction of sp³-hybridized carbons (Fsp3) is 0.571. The van der Waals surface area contributed by atoms with Crippen molar-refractivity contribution in [1.82, 2.24) is 9.21 Å². The molecule has 1 atom stereocenters. The highest BCUT2D eigenvalue weighted by molar-refractivity contribution is 7.89. The zero-order valence-electron chi connectivity index (χ0n) is 12.5. The van der Waals surface area contributed by atoms with Crippen molar-refractivity contribution >= 4 is 10.0 Å². The smallest absolute Gasteiger partial charge is 0.243 e. The molecule has 1 saturated heterocycles. The summed E-state index contributed by atoms with van der Waals surface area (Å²) in [6.45, 7) is 5.08. The highest BCUT2D eigenvalue weighted by Crippen LogP contribution is 2.21. The quantitative estimate of drug-likeness (QED) is 0.849. The summed E-state index contributed by atoms with van der Waals surface area (Å²) in [5, 5.41) is 0. The first-order valence-electron chi connectivity index (χ1n) is 7.07. The van der Waals surface area contributed by atoms with Gasteiger partial charge in [-0.15, -0.1) is 0 Å². The lowest BCUT2D eigenvalue weighted by molar-refractivity contribution is 0.149. The van der Waals surface area contributed by atoms with Gasteiger partial charge in [0.1, 0.15) is 5.75 Å². The summed E-state index contributed by atoms with van der Waals surface area (Å²) in [4.78, 5) is 2.53. The Kier molecular flexibility index (Phi) is 5.21. The van der Waals surface area contributed by atoms with Gasteiger partial charge in [0.2, 0.25) is 10.0 Å². The summed E-state index contributed by atoms with van der Waals surface area (Å²) < 4.78 is 31.7. The molecule has 1 heterocycles. The van der Waals surface area contributed by atoms with Gasteiger partial charge in [0.05, 0.1) is 12.0 Å². The van der Waals surface area contributed by atoms with Crippen molar-refractivity contribution in [1.29, 1.82) is 0 Å². The Morgan fingerprint density at radius 1 is 1.19 bits per heavy atom. The molecule has 0 saturated carbocycles. The number of hydrogen-bond acceptors (Lipinski definition) is 5. The van der Waals surface area contributed by atoms with E-state index < -0.39 is 10.0 Å². The highest BCUT2D eigenvalue weighted by atomic mass is 32.2. The van der Waals surface area contributed by atoms with Crippen LogP contribution in [0.5, 0.6) is 5.75 Å². The molecule has 0 aromatic heterocycles. The monoisotopic (exact) mass is 313 g/mol. The van der Waals surface area contributed by atoms with E-state index in [-0.39, 0.29) is 6.04 Å². The fourth-order valence-corrected chi connectivity index (χ4v) is 3.85. The number of methoxy groups -OCH3 is 1. The third kappa shape index (κ3) is 3.55.